The average molecular weight is 160 g/mol. The first-order valence-corrected chi connectivity index (χ1v) is 3.42. The van der Waals surface area contributed by atoms with E-state index in [0.29, 0.717) is 12.0 Å². The molecule has 0 fully saturated rings. The quantitative estimate of drug-likeness (QED) is 0.574. The molecule has 1 aromatic heterocycles. The van der Waals surface area contributed by atoms with Crippen molar-refractivity contribution in [2.24, 2.45) is 0 Å². The van der Waals surface area contributed by atoms with Crippen LogP contribution < -0.4 is 0 Å². The average Bonchev–Trinajstić information content (AvgIpc) is 1.95. The molecule has 0 atom stereocenters. The smallest absolute Gasteiger partial charge is 0.164 e. The van der Waals surface area contributed by atoms with Crippen molar-refractivity contribution in [3.63, 3.8) is 0 Å². The van der Waals surface area contributed by atoms with E-state index in [1.54, 1.807) is 6.07 Å². The van der Waals surface area contributed by atoms with Crippen molar-refractivity contribution in [2.75, 3.05) is 0 Å². The molecule has 1 heterocycles. The number of nitrogens with zero attached hydrogens (tertiary/aromatic N) is 1. The molecule has 1 rings (SSSR count). The Labute approximate surface area is 63.8 Å². The van der Waals surface area contributed by atoms with E-state index < -0.39 is 5.82 Å². The highest BCUT2D eigenvalue weighted by Crippen LogP contribution is 2.14. The summed E-state index contributed by atoms with van der Waals surface area (Å²) in [7, 11) is 0. The van der Waals surface area contributed by atoms with Crippen LogP contribution >= 0.6 is 11.6 Å². The number of aryl methyl sites for hydroxylation is 1. The summed E-state index contributed by atoms with van der Waals surface area (Å²) in [5, 5.41) is -0.0423. The SMILES string of the molecule is CCc1ccnc(Cl)c1F. The van der Waals surface area contributed by atoms with Gasteiger partial charge in [-0.2, -0.15) is 0 Å². The molecule has 0 aliphatic rings. The number of rotatable bonds is 1. The highest BCUT2D eigenvalue weighted by molar-refractivity contribution is 6.29. The molecule has 0 N–H and O–H groups in total. The van der Waals surface area contributed by atoms with E-state index in [1.165, 1.54) is 6.20 Å². The van der Waals surface area contributed by atoms with Crippen LogP contribution in [-0.4, -0.2) is 4.98 Å². The number of hydrogen-bond acceptors (Lipinski definition) is 1. The highest BCUT2D eigenvalue weighted by atomic mass is 35.5. The van der Waals surface area contributed by atoms with E-state index in [-0.39, 0.29) is 5.15 Å². The summed E-state index contributed by atoms with van der Waals surface area (Å²) in [4.78, 5) is 3.58. The molecule has 0 bridgehead atoms. The number of aromatic nitrogens is 1. The zero-order valence-corrected chi connectivity index (χ0v) is 6.32. The Hall–Kier alpha value is -0.630. The molecule has 0 saturated carbocycles. The van der Waals surface area contributed by atoms with Crippen LogP contribution in [0.2, 0.25) is 5.15 Å². The fourth-order valence-electron chi connectivity index (χ4n) is 0.728. The van der Waals surface area contributed by atoms with E-state index >= 15 is 0 Å². The van der Waals surface area contributed by atoms with Crippen molar-refractivity contribution in [1.29, 1.82) is 0 Å². The molecule has 0 aliphatic heterocycles. The Bertz CT molecular complexity index is 237. The molecule has 10 heavy (non-hydrogen) atoms. The van der Waals surface area contributed by atoms with E-state index in [2.05, 4.69) is 4.98 Å². The molecule has 54 valence electrons. The topological polar surface area (TPSA) is 12.9 Å². The lowest BCUT2D eigenvalue weighted by Crippen LogP contribution is -1.89. The summed E-state index contributed by atoms with van der Waals surface area (Å²) < 4.78 is 12.8. The van der Waals surface area contributed by atoms with Gasteiger partial charge in [-0.15, -0.1) is 0 Å². The largest absolute Gasteiger partial charge is 0.242 e. The Balaban J connectivity index is 3.14. The molecule has 0 spiro atoms. The molecule has 1 nitrogen and oxygen atoms in total. The van der Waals surface area contributed by atoms with Gasteiger partial charge < -0.3 is 0 Å². The number of pyridine rings is 1. The van der Waals surface area contributed by atoms with Gasteiger partial charge in [0.25, 0.3) is 0 Å². The fraction of sp³-hybridized carbons (Fsp3) is 0.286. The zero-order chi connectivity index (χ0) is 7.56. The molecule has 0 aliphatic carbocycles. The van der Waals surface area contributed by atoms with Crippen molar-refractivity contribution in [2.45, 2.75) is 13.3 Å². The van der Waals surface area contributed by atoms with Crippen molar-refractivity contribution in [1.82, 2.24) is 4.98 Å². The standard InChI is InChI=1S/C7H7ClFN/c1-2-5-3-4-10-7(8)6(5)9/h3-4H,2H2,1H3. The van der Waals surface area contributed by atoms with Gasteiger partial charge in [-0.1, -0.05) is 18.5 Å². The Morgan fingerprint density at radius 1 is 1.70 bits per heavy atom. The number of hydrogen-bond donors (Lipinski definition) is 0. The van der Waals surface area contributed by atoms with Gasteiger partial charge in [0.05, 0.1) is 0 Å². The summed E-state index contributed by atoms with van der Waals surface area (Å²) in [5.74, 6) is -0.397. The van der Waals surface area contributed by atoms with Gasteiger partial charge in [0.15, 0.2) is 11.0 Å². The summed E-state index contributed by atoms with van der Waals surface area (Å²) in [6.45, 7) is 1.87. The van der Waals surface area contributed by atoms with Crippen LogP contribution in [0.1, 0.15) is 12.5 Å². The lowest BCUT2D eigenvalue weighted by atomic mass is 10.2. The predicted molar refractivity (Wildman–Crippen MR) is 38.6 cm³/mol. The highest BCUT2D eigenvalue weighted by Gasteiger charge is 2.03. The molecule has 1 aromatic rings. The fourth-order valence-corrected chi connectivity index (χ4v) is 0.906. The van der Waals surface area contributed by atoms with E-state index in [4.69, 9.17) is 11.6 Å². The van der Waals surface area contributed by atoms with Crippen molar-refractivity contribution >= 4 is 11.6 Å². The summed E-state index contributed by atoms with van der Waals surface area (Å²) in [6, 6.07) is 1.63. The van der Waals surface area contributed by atoms with Gasteiger partial charge in [0.1, 0.15) is 0 Å². The monoisotopic (exact) mass is 159 g/mol. The van der Waals surface area contributed by atoms with Crippen molar-refractivity contribution in [3.8, 4) is 0 Å². The molecular weight excluding hydrogens is 153 g/mol. The lowest BCUT2D eigenvalue weighted by Gasteiger charge is -1.97. The normalized spacial score (nSPS) is 9.90. The van der Waals surface area contributed by atoms with E-state index in [0.717, 1.165) is 0 Å². The zero-order valence-electron chi connectivity index (χ0n) is 5.56. The third-order valence-corrected chi connectivity index (χ3v) is 1.57. The van der Waals surface area contributed by atoms with Gasteiger partial charge in [-0.25, -0.2) is 9.37 Å². The lowest BCUT2D eigenvalue weighted by molar-refractivity contribution is 0.606. The second-order valence-electron chi connectivity index (χ2n) is 1.93. The summed E-state index contributed by atoms with van der Waals surface area (Å²) in [6.07, 6.45) is 2.15. The molecule has 0 radical (unpaired) electrons. The molecule has 0 unspecified atom stereocenters. The molecule has 3 heteroatoms. The third kappa shape index (κ3) is 1.27. The maximum Gasteiger partial charge on any atom is 0.164 e. The van der Waals surface area contributed by atoms with Crippen LogP contribution in [0, 0.1) is 5.82 Å². The maximum atomic E-state index is 12.8. The molecule has 0 amide bonds. The third-order valence-electron chi connectivity index (χ3n) is 1.31. The molecule has 0 saturated heterocycles. The predicted octanol–water partition coefficient (Wildman–Crippen LogP) is 2.44. The first-order valence-electron chi connectivity index (χ1n) is 3.04. The molecular formula is C7H7ClFN. The first-order chi connectivity index (χ1) is 4.75. The second kappa shape index (κ2) is 2.97. The summed E-state index contributed by atoms with van der Waals surface area (Å²) in [5.41, 5.74) is 0.611. The van der Waals surface area contributed by atoms with Crippen LogP contribution in [0.3, 0.4) is 0 Å². The van der Waals surface area contributed by atoms with Crippen molar-refractivity contribution < 1.29 is 4.39 Å². The van der Waals surface area contributed by atoms with Gasteiger partial charge in [0.2, 0.25) is 0 Å². The minimum Gasteiger partial charge on any atom is -0.242 e. The van der Waals surface area contributed by atoms with Gasteiger partial charge in [0, 0.05) is 6.20 Å². The van der Waals surface area contributed by atoms with Crippen LogP contribution in [-0.2, 0) is 6.42 Å². The minimum absolute atomic E-state index is 0.0423. The Morgan fingerprint density at radius 2 is 2.40 bits per heavy atom. The van der Waals surface area contributed by atoms with Gasteiger partial charge in [-0.3, -0.25) is 0 Å². The van der Waals surface area contributed by atoms with E-state index in [9.17, 15) is 4.39 Å². The first kappa shape index (κ1) is 7.48. The molecule has 0 aromatic carbocycles. The Kier molecular flexibility index (Phi) is 2.22. The van der Waals surface area contributed by atoms with Gasteiger partial charge >= 0.3 is 0 Å². The minimum atomic E-state index is -0.397. The van der Waals surface area contributed by atoms with Crippen LogP contribution in [0.5, 0.6) is 0 Å². The number of halogens is 2. The second-order valence-corrected chi connectivity index (χ2v) is 2.29. The Morgan fingerprint density at radius 3 is 2.90 bits per heavy atom. The summed E-state index contributed by atoms with van der Waals surface area (Å²) >= 11 is 5.41. The van der Waals surface area contributed by atoms with Crippen molar-refractivity contribution in [3.05, 3.63) is 28.8 Å². The van der Waals surface area contributed by atoms with Gasteiger partial charge in [-0.05, 0) is 18.1 Å². The van der Waals surface area contributed by atoms with Crippen LogP contribution in [0.25, 0.3) is 0 Å². The van der Waals surface area contributed by atoms with Crippen LogP contribution in [0.4, 0.5) is 4.39 Å². The maximum absolute atomic E-state index is 12.8. The van der Waals surface area contributed by atoms with E-state index in [1.807, 2.05) is 6.92 Å². The van der Waals surface area contributed by atoms with Crippen LogP contribution in [0.15, 0.2) is 12.3 Å².